The third-order valence-corrected chi connectivity index (χ3v) is 3.67. The molecule has 5 nitrogen and oxygen atoms in total. The van der Waals surface area contributed by atoms with Gasteiger partial charge in [-0.05, 0) is 44.0 Å². The smallest absolute Gasteiger partial charge is 0.408 e. The highest BCUT2D eigenvalue weighted by Crippen LogP contribution is 2.10. The van der Waals surface area contributed by atoms with Crippen molar-refractivity contribution in [1.29, 1.82) is 0 Å². The Morgan fingerprint density at radius 1 is 1.00 bits per heavy atom. The number of benzene rings is 2. The second-order valence-corrected chi connectivity index (χ2v) is 7.23. The van der Waals surface area contributed by atoms with Crippen LogP contribution in [0.25, 0.3) is 0 Å². The number of halogens is 1. The van der Waals surface area contributed by atoms with Gasteiger partial charge in [0.25, 0.3) is 0 Å². The van der Waals surface area contributed by atoms with E-state index in [4.69, 9.17) is 4.74 Å². The normalized spacial score (nSPS) is 12.1. The van der Waals surface area contributed by atoms with E-state index in [0.29, 0.717) is 6.54 Å². The van der Waals surface area contributed by atoms with E-state index < -0.39 is 17.7 Å². The number of hydrogen-bond donors (Lipinski definition) is 2. The minimum Gasteiger partial charge on any atom is -0.444 e. The SMILES string of the molecule is CC(C)(C)OC(=O)N[C@@H](Cc1ccc(F)cc1)C(=O)NCc1ccccc1. The van der Waals surface area contributed by atoms with E-state index in [1.54, 1.807) is 32.9 Å². The molecule has 0 aliphatic rings. The lowest BCUT2D eigenvalue weighted by Crippen LogP contribution is -2.49. The average molecular weight is 372 g/mol. The van der Waals surface area contributed by atoms with E-state index in [-0.39, 0.29) is 18.1 Å². The lowest BCUT2D eigenvalue weighted by Gasteiger charge is -2.23. The van der Waals surface area contributed by atoms with Gasteiger partial charge in [-0.25, -0.2) is 9.18 Å². The summed E-state index contributed by atoms with van der Waals surface area (Å²) in [4.78, 5) is 24.8. The molecule has 27 heavy (non-hydrogen) atoms. The largest absolute Gasteiger partial charge is 0.444 e. The van der Waals surface area contributed by atoms with Crippen molar-refractivity contribution in [1.82, 2.24) is 10.6 Å². The van der Waals surface area contributed by atoms with Crippen LogP contribution in [0.2, 0.25) is 0 Å². The molecule has 0 saturated carbocycles. The molecule has 0 fully saturated rings. The predicted molar refractivity (Wildman–Crippen MR) is 102 cm³/mol. The van der Waals surface area contributed by atoms with Crippen molar-refractivity contribution in [3.05, 3.63) is 71.5 Å². The number of carbonyl (C=O) groups excluding carboxylic acids is 2. The fourth-order valence-electron chi connectivity index (χ4n) is 2.42. The molecule has 0 saturated heterocycles. The van der Waals surface area contributed by atoms with Gasteiger partial charge in [-0.1, -0.05) is 42.5 Å². The number of rotatable bonds is 6. The number of amides is 2. The van der Waals surface area contributed by atoms with Crippen LogP contribution in [0.15, 0.2) is 54.6 Å². The Balaban J connectivity index is 2.06. The lowest BCUT2D eigenvalue weighted by molar-refractivity contribution is -0.123. The van der Waals surface area contributed by atoms with Crippen LogP contribution >= 0.6 is 0 Å². The van der Waals surface area contributed by atoms with E-state index >= 15 is 0 Å². The average Bonchev–Trinajstić information content (AvgIpc) is 2.60. The first-order valence-electron chi connectivity index (χ1n) is 8.78. The Labute approximate surface area is 158 Å². The molecule has 144 valence electrons. The first-order valence-corrected chi connectivity index (χ1v) is 8.78. The van der Waals surface area contributed by atoms with Gasteiger partial charge in [0.15, 0.2) is 0 Å². The minimum atomic E-state index is -0.839. The van der Waals surface area contributed by atoms with Crippen LogP contribution in [0.4, 0.5) is 9.18 Å². The highest BCUT2D eigenvalue weighted by atomic mass is 19.1. The van der Waals surface area contributed by atoms with E-state index in [0.717, 1.165) is 11.1 Å². The van der Waals surface area contributed by atoms with E-state index in [1.165, 1.54) is 12.1 Å². The van der Waals surface area contributed by atoms with Crippen molar-refractivity contribution >= 4 is 12.0 Å². The van der Waals surface area contributed by atoms with Gasteiger partial charge in [0.2, 0.25) is 5.91 Å². The molecule has 0 radical (unpaired) electrons. The van der Waals surface area contributed by atoms with E-state index in [9.17, 15) is 14.0 Å². The fourth-order valence-corrected chi connectivity index (χ4v) is 2.42. The van der Waals surface area contributed by atoms with Crippen LogP contribution in [0, 0.1) is 5.82 Å². The number of nitrogens with one attached hydrogen (secondary N) is 2. The Kier molecular flexibility index (Phi) is 6.93. The van der Waals surface area contributed by atoms with Crippen molar-refractivity contribution in [3.8, 4) is 0 Å². The van der Waals surface area contributed by atoms with Crippen molar-refractivity contribution in [2.24, 2.45) is 0 Å². The first-order chi connectivity index (χ1) is 12.7. The number of carbonyl (C=O) groups is 2. The quantitative estimate of drug-likeness (QED) is 0.814. The number of alkyl carbamates (subject to hydrolysis) is 1. The molecule has 0 aromatic heterocycles. The summed E-state index contributed by atoms with van der Waals surface area (Å²) >= 11 is 0. The summed E-state index contributed by atoms with van der Waals surface area (Å²) in [6.45, 7) is 5.58. The predicted octanol–water partition coefficient (Wildman–Crippen LogP) is 3.58. The molecule has 0 aliphatic heterocycles. The van der Waals surface area contributed by atoms with Crippen LogP contribution in [0.5, 0.6) is 0 Å². The third-order valence-electron chi connectivity index (χ3n) is 3.67. The molecule has 2 amide bonds. The number of ether oxygens (including phenoxy) is 1. The van der Waals surface area contributed by atoms with Gasteiger partial charge in [0.05, 0.1) is 0 Å². The summed E-state index contributed by atoms with van der Waals surface area (Å²) in [5, 5.41) is 5.42. The van der Waals surface area contributed by atoms with Crippen LogP contribution < -0.4 is 10.6 Å². The van der Waals surface area contributed by atoms with Gasteiger partial charge in [-0.2, -0.15) is 0 Å². The maximum Gasteiger partial charge on any atom is 0.408 e. The van der Waals surface area contributed by atoms with Crippen LogP contribution in [-0.4, -0.2) is 23.6 Å². The van der Waals surface area contributed by atoms with Gasteiger partial charge in [0, 0.05) is 13.0 Å². The van der Waals surface area contributed by atoms with Crippen molar-refractivity contribution in [2.75, 3.05) is 0 Å². The zero-order valence-electron chi connectivity index (χ0n) is 15.8. The molecule has 0 spiro atoms. The molecule has 0 unspecified atom stereocenters. The fraction of sp³-hybridized carbons (Fsp3) is 0.333. The van der Waals surface area contributed by atoms with Gasteiger partial charge in [-0.15, -0.1) is 0 Å². The highest BCUT2D eigenvalue weighted by Gasteiger charge is 2.24. The van der Waals surface area contributed by atoms with Crippen LogP contribution in [0.3, 0.4) is 0 Å². The second-order valence-electron chi connectivity index (χ2n) is 7.23. The standard InChI is InChI=1S/C21H25FN2O3/c1-21(2,3)27-20(26)24-18(13-15-9-11-17(22)12-10-15)19(25)23-14-16-7-5-4-6-8-16/h4-12,18H,13-14H2,1-3H3,(H,23,25)(H,24,26)/t18-/m0/s1. The molecular formula is C21H25FN2O3. The van der Waals surface area contributed by atoms with Gasteiger partial charge in [-0.3, -0.25) is 4.79 Å². The van der Waals surface area contributed by atoms with Crippen molar-refractivity contribution < 1.29 is 18.7 Å². The Morgan fingerprint density at radius 2 is 1.63 bits per heavy atom. The number of hydrogen-bond acceptors (Lipinski definition) is 3. The summed E-state index contributed by atoms with van der Waals surface area (Å²) in [5.74, 6) is -0.696. The molecular weight excluding hydrogens is 347 g/mol. The molecule has 6 heteroatoms. The van der Waals surface area contributed by atoms with Gasteiger partial charge >= 0.3 is 6.09 Å². The minimum absolute atomic E-state index is 0.222. The highest BCUT2D eigenvalue weighted by molar-refractivity contribution is 5.86. The molecule has 2 rings (SSSR count). The van der Waals surface area contributed by atoms with Crippen molar-refractivity contribution in [3.63, 3.8) is 0 Å². The topological polar surface area (TPSA) is 67.4 Å². The summed E-state index contributed by atoms with van der Waals surface area (Å²) in [6.07, 6.45) is -0.454. The molecule has 2 aromatic rings. The second kappa shape index (κ2) is 9.16. The maximum atomic E-state index is 13.1. The molecule has 0 heterocycles. The maximum absolute atomic E-state index is 13.1. The summed E-state index contributed by atoms with van der Waals surface area (Å²) in [6, 6.07) is 14.4. The van der Waals surface area contributed by atoms with Gasteiger partial charge in [0.1, 0.15) is 17.5 Å². The monoisotopic (exact) mass is 372 g/mol. The molecule has 2 N–H and O–H groups in total. The Morgan fingerprint density at radius 3 is 2.22 bits per heavy atom. The first kappa shape index (κ1) is 20.4. The molecule has 0 aliphatic carbocycles. The summed E-state index contributed by atoms with van der Waals surface area (Å²) in [7, 11) is 0. The zero-order chi connectivity index (χ0) is 19.9. The Bertz CT molecular complexity index is 755. The van der Waals surface area contributed by atoms with E-state index in [1.807, 2.05) is 30.3 Å². The van der Waals surface area contributed by atoms with E-state index in [2.05, 4.69) is 10.6 Å². The molecule has 2 aromatic carbocycles. The Hall–Kier alpha value is -2.89. The summed E-state index contributed by atoms with van der Waals surface area (Å²) < 4.78 is 18.4. The van der Waals surface area contributed by atoms with Crippen LogP contribution in [-0.2, 0) is 22.5 Å². The molecule has 0 bridgehead atoms. The van der Waals surface area contributed by atoms with Crippen molar-refractivity contribution in [2.45, 2.75) is 45.4 Å². The van der Waals surface area contributed by atoms with Crippen LogP contribution in [0.1, 0.15) is 31.9 Å². The van der Waals surface area contributed by atoms with Gasteiger partial charge < -0.3 is 15.4 Å². The summed E-state index contributed by atoms with van der Waals surface area (Å²) in [5.41, 5.74) is 1.00. The zero-order valence-corrected chi connectivity index (χ0v) is 15.8. The molecule has 1 atom stereocenters. The lowest BCUT2D eigenvalue weighted by atomic mass is 10.1. The third kappa shape index (κ3) is 7.48.